The monoisotopic (exact) mass is 223 g/mol. The van der Waals surface area contributed by atoms with E-state index in [0.29, 0.717) is 11.8 Å². The summed E-state index contributed by atoms with van der Waals surface area (Å²) in [7, 11) is 0. The standard InChI is InChI=1S/C12H21N3O/c1-8(9(2)13)12-14-11(15-16-12)10-6-4-3-5-7-10/h8-10H,3-7,13H2,1-2H3. The lowest BCUT2D eigenvalue weighted by Crippen LogP contribution is -2.22. The van der Waals surface area contributed by atoms with Gasteiger partial charge in [0.25, 0.3) is 0 Å². The molecule has 16 heavy (non-hydrogen) atoms. The Labute approximate surface area is 96.6 Å². The van der Waals surface area contributed by atoms with Crippen LogP contribution in [0.2, 0.25) is 0 Å². The Kier molecular flexibility index (Phi) is 3.59. The van der Waals surface area contributed by atoms with Crippen molar-refractivity contribution in [1.29, 1.82) is 0 Å². The maximum Gasteiger partial charge on any atom is 0.231 e. The van der Waals surface area contributed by atoms with Gasteiger partial charge in [-0.15, -0.1) is 0 Å². The Morgan fingerprint density at radius 3 is 2.56 bits per heavy atom. The number of nitrogens with two attached hydrogens (primary N) is 1. The second-order valence-electron chi connectivity index (χ2n) is 4.97. The first-order chi connectivity index (χ1) is 7.68. The Morgan fingerprint density at radius 1 is 1.25 bits per heavy atom. The fourth-order valence-electron chi connectivity index (χ4n) is 2.18. The molecule has 0 spiro atoms. The van der Waals surface area contributed by atoms with E-state index in [1.54, 1.807) is 0 Å². The van der Waals surface area contributed by atoms with Crippen molar-refractivity contribution in [3.8, 4) is 0 Å². The van der Waals surface area contributed by atoms with Crippen molar-refractivity contribution in [1.82, 2.24) is 10.1 Å². The smallest absolute Gasteiger partial charge is 0.231 e. The van der Waals surface area contributed by atoms with Crippen LogP contribution >= 0.6 is 0 Å². The minimum Gasteiger partial charge on any atom is -0.339 e. The van der Waals surface area contributed by atoms with E-state index in [9.17, 15) is 0 Å². The molecule has 1 fully saturated rings. The second-order valence-corrected chi connectivity index (χ2v) is 4.97. The van der Waals surface area contributed by atoms with Gasteiger partial charge in [0.1, 0.15) is 0 Å². The van der Waals surface area contributed by atoms with E-state index in [4.69, 9.17) is 10.3 Å². The van der Waals surface area contributed by atoms with Crippen molar-refractivity contribution < 1.29 is 4.52 Å². The molecular weight excluding hydrogens is 202 g/mol. The number of hydrogen-bond donors (Lipinski definition) is 1. The SMILES string of the molecule is CC(N)C(C)c1nc(C2CCCCC2)no1. The minimum atomic E-state index is 0.0552. The van der Waals surface area contributed by atoms with E-state index in [2.05, 4.69) is 10.1 Å². The van der Waals surface area contributed by atoms with Crippen LogP contribution in [0.3, 0.4) is 0 Å². The average Bonchev–Trinajstić information content (AvgIpc) is 2.78. The van der Waals surface area contributed by atoms with Crippen molar-refractivity contribution in [3.05, 3.63) is 11.7 Å². The summed E-state index contributed by atoms with van der Waals surface area (Å²) >= 11 is 0. The topological polar surface area (TPSA) is 64.9 Å². The van der Waals surface area contributed by atoms with Gasteiger partial charge >= 0.3 is 0 Å². The summed E-state index contributed by atoms with van der Waals surface area (Å²) in [4.78, 5) is 4.50. The van der Waals surface area contributed by atoms with Gasteiger partial charge in [-0.25, -0.2) is 0 Å². The summed E-state index contributed by atoms with van der Waals surface area (Å²) in [5, 5.41) is 4.10. The zero-order valence-corrected chi connectivity index (χ0v) is 10.1. The highest BCUT2D eigenvalue weighted by molar-refractivity contribution is 5.01. The molecule has 1 heterocycles. The first-order valence-electron chi connectivity index (χ1n) is 6.27. The molecule has 1 saturated carbocycles. The molecule has 4 heteroatoms. The van der Waals surface area contributed by atoms with Crippen molar-refractivity contribution >= 4 is 0 Å². The zero-order valence-electron chi connectivity index (χ0n) is 10.1. The highest BCUT2D eigenvalue weighted by Gasteiger charge is 2.23. The van der Waals surface area contributed by atoms with Crippen LogP contribution in [0.15, 0.2) is 4.52 Å². The van der Waals surface area contributed by atoms with E-state index in [1.165, 1.54) is 32.1 Å². The summed E-state index contributed by atoms with van der Waals surface area (Å²) in [5.74, 6) is 2.23. The van der Waals surface area contributed by atoms with Crippen LogP contribution in [0.4, 0.5) is 0 Å². The highest BCUT2D eigenvalue weighted by atomic mass is 16.5. The van der Waals surface area contributed by atoms with Crippen molar-refractivity contribution in [2.45, 2.75) is 63.8 Å². The van der Waals surface area contributed by atoms with E-state index >= 15 is 0 Å². The molecule has 1 aromatic heterocycles. The summed E-state index contributed by atoms with van der Waals surface area (Å²) in [6.45, 7) is 4.00. The summed E-state index contributed by atoms with van der Waals surface area (Å²) < 4.78 is 5.30. The van der Waals surface area contributed by atoms with E-state index in [-0.39, 0.29) is 12.0 Å². The lowest BCUT2D eigenvalue weighted by molar-refractivity contribution is 0.335. The van der Waals surface area contributed by atoms with Crippen LogP contribution in [-0.4, -0.2) is 16.2 Å². The first-order valence-corrected chi connectivity index (χ1v) is 6.27. The second kappa shape index (κ2) is 4.95. The van der Waals surface area contributed by atoms with E-state index < -0.39 is 0 Å². The number of nitrogens with zero attached hydrogens (tertiary/aromatic N) is 2. The van der Waals surface area contributed by atoms with E-state index in [0.717, 1.165) is 5.82 Å². The molecule has 0 saturated heterocycles. The van der Waals surface area contributed by atoms with Gasteiger partial charge in [0, 0.05) is 12.0 Å². The van der Waals surface area contributed by atoms with Crippen LogP contribution < -0.4 is 5.73 Å². The van der Waals surface area contributed by atoms with Crippen LogP contribution in [0.25, 0.3) is 0 Å². The highest BCUT2D eigenvalue weighted by Crippen LogP contribution is 2.31. The fourth-order valence-corrected chi connectivity index (χ4v) is 2.18. The lowest BCUT2D eigenvalue weighted by Gasteiger charge is -2.17. The Bertz CT molecular complexity index is 329. The molecule has 0 amide bonds. The molecule has 1 aliphatic rings. The van der Waals surface area contributed by atoms with Gasteiger partial charge in [-0.3, -0.25) is 0 Å². The third kappa shape index (κ3) is 2.43. The molecule has 2 rings (SSSR count). The predicted octanol–water partition coefficient (Wildman–Crippen LogP) is 2.57. The first kappa shape index (κ1) is 11.6. The fraction of sp³-hybridized carbons (Fsp3) is 0.833. The molecule has 0 radical (unpaired) electrons. The van der Waals surface area contributed by atoms with Gasteiger partial charge in [-0.2, -0.15) is 4.98 Å². The number of aromatic nitrogens is 2. The van der Waals surface area contributed by atoms with Crippen molar-refractivity contribution in [3.63, 3.8) is 0 Å². The maximum absolute atomic E-state index is 5.83. The molecule has 0 aliphatic heterocycles. The normalized spacial score (nSPS) is 21.9. The molecule has 2 N–H and O–H groups in total. The Hall–Kier alpha value is -0.900. The molecule has 90 valence electrons. The van der Waals surface area contributed by atoms with Crippen molar-refractivity contribution in [2.75, 3.05) is 0 Å². The Morgan fingerprint density at radius 2 is 1.94 bits per heavy atom. The van der Waals surface area contributed by atoms with Gasteiger partial charge in [-0.05, 0) is 19.8 Å². The van der Waals surface area contributed by atoms with Crippen LogP contribution in [0.1, 0.15) is 69.5 Å². The molecule has 4 nitrogen and oxygen atoms in total. The summed E-state index contributed by atoms with van der Waals surface area (Å²) in [6, 6.07) is 0.0552. The third-order valence-electron chi connectivity index (χ3n) is 3.61. The van der Waals surface area contributed by atoms with Crippen molar-refractivity contribution in [2.24, 2.45) is 5.73 Å². The molecule has 2 unspecified atom stereocenters. The van der Waals surface area contributed by atoms with Gasteiger partial charge < -0.3 is 10.3 Å². The summed E-state index contributed by atoms with van der Waals surface area (Å²) in [6.07, 6.45) is 6.32. The predicted molar refractivity (Wildman–Crippen MR) is 62.2 cm³/mol. The van der Waals surface area contributed by atoms with Crippen LogP contribution in [0.5, 0.6) is 0 Å². The third-order valence-corrected chi connectivity index (χ3v) is 3.61. The number of hydrogen-bond acceptors (Lipinski definition) is 4. The van der Waals surface area contributed by atoms with Gasteiger partial charge in [0.05, 0.1) is 5.92 Å². The van der Waals surface area contributed by atoms with E-state index in [1.807, 2.05) is 13.8 Å². The lowest BCUT2D eigenvalue weighted by atomic mass is 9.89. The molecule has 0 aromatic carbocycles. The van der Waals surface area contributed by atoms with Crippen LogP contribution in [0, 0.1) is 0 Å². The molecule has 2 atom stereocenters. The van der Waals surface area contributed by atoms with Gasteiger partial charge in [-0.1, -0.05) is 31.3 Å². The van der Waals surface area contributed by atoms with Gasteiger partial charge in [0.2, 0.25) is 5.89 Å². The zero-order chi connectivity index (χ0) is 11.5. The molecule has 1 aromatic rings. The number of rotatable bonds is 3. The van der Waals surface area contributed by atoms with Gasteiger partial charge in [0.15, 0.2) is 5.82 Å². The average molecular weight is 223 g/mol. The molecular formula is C12H21N3O. The molecule has 1 aliphatic carbocycles. The minimum absolute atomic E-state index is 0.0552. The summed E-state index contributed by atoms with van der Waals surface area (Å²) in [5.41, 5.74) is 5.83. The Balaban J connectivity index is 2.06. The quantitative estimate of drug-likeness (QED) is 0.855. The maximum atomic E-state index is 5.83. The van der Waals surface area contributed by atoms with Crippen LogP contribution in [-0.2, 0) is 0 Å². The largest absolute Gasteiger partial charge is 0.339 e. The molecule has 0 bridgehead atoms.